The van der Waals surface area contributed by atoms with Crippen molar-refractivity contribution in [2.75, 3.05) is 20.8 Å². The van der Waals surface area contributed by atoms with Crippen LogP contribution < -0.4 is 4.74 Å². The van der Waals surface area contributed by atoms with Gasteiger partial charge in [0.1, 0.15) is 17.0 Å². The molecule has 0 aliphatic rings. The Balaban J connectivity index is 1.73. The van der Waals surface area contributed by atoms with Crippen molar-refractivity contribution < 1.29 is 23.8 Å². The lowest BCUT2D eigenvalue weighted by atomic mass is 10.1. The summed E-state index contributed by atoms with van der Waals surface area (Å²) in [5.41, 5.74) is 2.71. The monoisotopic (exact) mass is 456 g/mol. The molecule has 0 amide bonds. The first-order chi connectivity index (χ1) is 16.6. The smallest absolute Gasteiger partial charge is 0.357 e. The van der Waals surface area contributed by atoms with E-state index in [2.05, 4.69) is 5.10 Å². The van der Waals surface area contributed by atoms with E-state index < -0.39 is 11.9 Å². The first-order valence-corrected chi connectivity index (χ1v) is 10.7. The highest BCUT2D eigenvalue weighted by Crippen LogP contribution is 2.31. The molecule has 3 aromatic carbocycles. The lowest BCUT2D eigenvalue weighted by Gasteiger charge is -2.08. The summed E-state index contributed by atoms with van der Waals surface area (Å²) in [7, 11) is 2.52. The van der Waals surface area contributed by atoms with Crippen LogP contribution in [0.15, 0.2) is 84.9 Å². The first kappa shape index (κ1) is 22.8. The summed E-state index contributed by atoms with van der Waals surface area (Å²) < 4.78 is 17.3. The number of nitrogens with zero attached hydrogens (tertiary/aromatic N) is 2. The minimum atomic E-state index is -0.696. The summed E-state index contributed by atoms with van der Waals surface area (Å²) in [5, 5.41) is 4.62. The van der Waals surface area contributed by atoms with Gasteiger partial charge in [-0.15, -0.1) is 0 Å². The third kappa shape index (κ3) is 4.83. The van der Waals surface area contributed by atoms with E-state index in [-0.39, 0.29) is 11.3 Å². The van der Waals surface area contributed by atoms with Crippen molar-refractivity contribution in [1.29, 1.82) is 0 Å². The molecule has 1 aromatic heterocycles. The van der Waals surface area contributed by atoms with Crippen LogP contribution in [0, 0.1) is 0 Å². The van der Waals surface area contributed by atoms with Gasteiger partial charge in [0.25, 0.3) is 0 Å². The molecular formula is C27H24N2O5. The van der Waals surface area contributed by atoms with Crippen molar-refractivity contribution in [3.63, 3.8) is 0 Å². The summed E-state index contributed by atoms with van der Waals surface area (Å²) >= 11 is 0. The van der Waals surface area contributed by atoms with E-state index in [1.807, 2.05) is 60.7 Å². The topological polar surface area (TPSA) is 79.7 Å². The van der Waals surface area contributed by atoms with Gasteiger partial charge in [-0.1, -0.05) is 60.7 Å². The number of carbonyl (C=O) groups is 2. The molecule has 34 heavy (non-hydrogen) atoms. The van der Waals surface area contributed by atoms with Crippen LogP contribution >= 0.6 is 0 Å². The molecule has 0 saturated heterocycles. The molecule has 7 nitrogen and oxygen atoms in total. The Morgan fingerprint density at radius 3 is 2.18 bits per heavy atom. The Kier molecular flexibility index (Phi) is 7.03. The summed E-state index contributed by atoms with van der Waals surface area (Å²) in [6.45, 7) is 0.489. The average molecular weight is 456 g/mol. The maximum atomic E-state index is 12.8. The number of hydrogen-bond donors (Lipinski definition) is 0. The summed E-state index contributed by atoms with van der Waals surface area (Å²) in [6.07, 6.45) is 0.758. The number of methoxy groups -OCH3 is 2. The van der Waals surface area contributed by atoms with Crippen LogP contribution in [-0.2, 0) is 15.9 Å². The maximum absolute atomic E-state index is 12.8. The first-order valence-electron chi connectivity index (χ1n) is 10.7. The second-order valence-electron chi connectivity index (χ2n) is 7.41. The molecule has 4 rings (SSSR count). The normalized spacial score (nSPS) is 10.5. The van der Waals surface area contributed by atoms with Gasteiger partial charge in [0.2, 0.25) is 0 Å². The molecule has 0 spiro atoms. The molecule has 0 fully saturated rings. The van der Waals surface area contributed by atoms with Crippen molar-refractivity contribution in [2.24, 2.45) is 0 Å². The Labute approximate surface area is 197 Å². The largest absolute Gasteiger partial charge is 0.493 e. The fourth-order valence-corrected chi connectivity index (χ4v) is 3.62. The van der Waals surface area contributed by atoms with Crippen molar-refractivity contribution in [1.82, 2.24) is 9.78 Å². The molecule has 172 valence electrons. The number of benzene rings is 3. The van der Waals surface area contributed by atoms with E-state index in [4.69, 9.17) is 14.2 Å². The molecule has 7 heteroatoms. The van der Waals surface area contributed by atoms with Crippen molar-refractivity contribution in [2.45, 2.75) is 6.42 Å². The Morgan fingerprint density at radius 1 is 0.824 bits per heavy atom. The Bertz CT molecular complexity index is 1280. The molecular weight excluding hydrogens is 432 g/mol. The fraction of sp³-hybridized carbons (Fsp3) is 0.148. The third-order valence-electron chi connectivity index (χ3n) is 5.26. The molecule has 0 aliphatic carbocycles. The van der Waals surface area contributed by atoms with Crippen LogP contribution in [0.2, 0.25) is 0 Å². The zero-order valence-electron chi connectivity index (χ0n) is 18.9. The minimum Gasteiger partial charge on any atom is -0.493 e. The van der Waals surface area contributed by atoms with Crippen molar-refractivity contribution in [3.05, 3.63) is 102 Å². The van der Waals surface area contributed by atoms with Gasteiger partial charge in [-0.3, -0.25) is 0 Å². The number of carbonyl (C=O) groups excluding carboxylic acids is 2. The second kappa shape index (κ2) is 10.5. The van der Waals surface area contributed by atoms with Gasteiger partial charge >= 0.3 is 11.9 Å². The van der Waals surface area contributed by atoms with E-state index >= 15 is 0 Å². The minimum absolute atomic E-state index is 0.00838. The van der Waals surface area contributed by atoms with Gasteiger partial charge in [-0.25, -0.2) is 14.3 Å². The number of aromatic nitrogens is 2. The van der Waals surface area contributed by atoms with Gasteiger partial charge in [-0.05, 0) is 29.8 Å². The molecule has 0 saturated carbocycles. The molecule has 1 heterocycles. The van der Waals surface area contributed by atoms with Crippen LogP contribution in [0.3, 0.4) is 0 Å². The number of ether oxygens (including phenoxy) is 3. The number of rotatable bonds is 8. The molecule has 0 aliphatic heterocycles. The number of esters is 2. The zero-order chi connectivity index (χ0) is 23.9. The van der Waals surface area contributed by atoms with E-state index in [0.29, 0.717) is 29.3 Å². The number of hydrogen-bond acceptors (Lipinski definition) is 6. The van der Waals surface area contributed by atoms with Crippen molar-refractivity contribution >= 4 is 11.9 Å². The van der Waals surface area contributed by atoms with Gasteiger partial charge in [0.05, 0.1) is 26.5 Å². The molecule has 0 bridgehead atoms. The Hall–Kier alpha value is -4.39. The third-order valence-corrected chi connectivity index (χ3v) is 5.26. The maximum Gasteiger partial charge on any atom is 0.357 e. The van der Waals surface area contributed by atoms with Gasteiger partial charge in [0, 0.05) is 12.0 Å². The lowest BCUT2D eigenvalue weighted by molar-refractivity contribution is 0.0549. The average Bonchev–Trinajstić information content (AvgIpc) is 3.30. The summed E-state index contributed by atoms with van der Waals surface area (Å²) in [5.74, 6) is -0.760. The number of para-hydroxylation sites is 1. The highest BCUT2D eigenvalue weighted by Gasteiger charge is 2.31. The summed E-state index contributed by atoms with van der Waals surface area (Å²) in [4.78, 5) is 25.5. The molecule has 0 unspecified atom stereocenters. The molecule has 4 aromatic rings. The standard InChI is InChI=1S/C27H24N2O5/c1-32-26(30)23-24(28-29(25(23)27(31)33-2)21-13-7-4-8-14-21)20-12-9-15-22(18-20)34-17-16-19-10-5-3-6-11-19/h3-15,18H,16-17H2,1-2H3. The highest BCUT2D eigenvalue weighted by molar-refractivity contribution is 6.06. The van der Waals surface area contributed by atoms with Crippen LogP contribution in [0.25, 0.3) is 16.9 Å². The zero-order valence-corrected chi connectivity index (χ0v) is 18.9. The van der Waals surface area contributed by atoms with Crippen LogP contribution in [0.1, 0.15) is 26.4 Å². The quantitative estimate of drug-likeness (QED) is 0.357. The predicted octanol–water partition coefficient (Wildman–Crippen LogP) is 4.73. The van der Waals surface area contributed by atoms with Gasteiger partial charge < -0.3 is 14.2 Å². The molecule has 0 N–H and O–H groups in total. The van der Waals surface area contributed by atoms with E-state index in [1.165, 1.54) is 24.5 Å². The predicted molar refractivity (Wildman–Crippen MR) is 127 cm³/mol. The molecule has 0 atom stereocenters. The van der Waals surface area contributed by atoms with E-state index in [1.54, 1.807) is 24.3 Å². The van der Waals surface area contributed by atoms with E-state index in [0.717, 1.165) is 6.42 Å². The van der Waals surface area contributed by atoms with Crippen LogP contribution in [0.5, 0.6) is 5.75 Å². The van der Waals surface area contributed by atoms with Gasteiger partial charge in [0.15, 0.2) is 5.69 Å². The molecule has 0 radical (unpaired) electrons. The Morgan fingerprint density at radius 2 is 1.50 bits per heavy atom. The second-order valence-corrected chi connectivity index (χ2v) is 7.41. The van der Waals surface area contributed by atoms with Crippen LogP contribution in [-0.4, -0.2) is 42.5 Å². The van der Waals surface area contributed by atoms with Gasteiger partial charge in [-0.2, -0.15) is 5.10 Å². The summed E-state index contributed by atoms with van der Waals surface area (Å²) in [6, 6.07) is 26.3. The highest BCUT2D eigenvalue weighted by atomic mass is 16.5. The van der Waals surface area contributed by atoms with Crippen molar-refractivity contribution in [3.8, 4) is 22.7 Å². The SMILES string of the molecule is COC(=O)c1c(-c2cccc(OCCc3ccccc3)c2)nn(-c2ccccc2)c1C(=O)OC. The lowest BCUT2D eigenvalue weighted by Crippen LogP contribution is -2.15. The van der Waals surface area contributed by atoms with Crippen LogP contribution in [0.4, 0.5) is 0 Å². The fourth-order valence-electron chi connectivity index (χ4n) is 3.62. The van der Waals surface area contributed by atoms with E-state index in [9.17, 15) is 9.59 Å².